The summed E-state index contributed by atoms with van der Waals surface area (Å²) in [6.07, 6.45) is 4.52. The van der Waals surface area contributed by atoms with Crippen LogP contribution in [-0.2, 0) is 5.41 Å². The predicted octanol–water partition coefficient (Wildman–Crippen LogP) is 4.44. The van der Waals surface area contributed by atoms with Crippen LogP contribution < -0.4 is 0 Å². The quantitative estimate of drug-likeness (QED) is 0.740. The molecule has 0 unspecified atom stereocenters. The van der Waals surface area contributed by atoms with E-state index in [0.717, 1.165) is 6.54 Å². The summed E-state index contributed by atoms with van der Waals surface area (Å²) in [5.41, 5.74) is 1.90. The molecule has 0 amide bonds. The minimum atomic E-state index is 0. The zero-order chi connectivity index (χ0) is 13.0. The fourth-order valence-corrected chi connectivity index (χ4v) is 3.53. The second-order valence-electron chi connectivity index (χ2n) is 5.58. The molecule has 0 N–H and O–H groups in total. The van der Waals surface area contributed by atoms with Crippen molar-refractivity contribution in [2.45, 2.75) is 32.1 Å². The van der Waals surface area contributed by atoms with Gasteiger partial charge in [-0.2, -0.15) is 0 Å². The molecule has 1 saturated heterocycles. The molecule has 1 fully saturated rings. The lowest BCUT2D eigenvalue weighted by Gasteiger charge is -2.47. The molecule has 0 radical (unpaired) electrons. The summed E-state index contributed by atoms with van der Waals surface area (Å²) in [5, 5.41) is 0. The van der Waals surface area contributed by atoms with E-state index in [1.165, 1.54) is 31.5 Å². The van der Waals surface area contributed by atoms with Gasteiger partial charge in [0.05, 0.1) is 0 Å². The lowest BCUT2D eigenvalue weighted by Crippen LogP contribution is -2.48. The SMILES string of the molecule is Br.C=CCN1CC[C@](CC)(c2ccccc2)[C@@H](C)C1. The first-order valence-corrected chi connectivity index (χ1v) is 7.11. The molecule has 106 valence electrons. The van der Waals surface area contributed by atoms with E-state index in [1.807, 2.05) is 6.08 Å². The van der Waals surface area contributed by atoms with Gasteiger partial charge in [0.15, 0.2) is 0 Å². The van der Waals surface area contributed by atoms with Crippen molar-refractivity contribution in [2.75, 3.05) is 19.6 Å². The van der Waals surface area contributed by atoms with Crippen LogP contribution in [0.5, 0.6) is 0 Å². The topological polar surface area (TPSA) is 3.24 Å². The van der Waals surface area contributed by atoms with Crippen molar-refractivity contribution >= 4 is 17.0 Å². The second kappa shape index (κ2) is 7.25. The van der Waals surface area contributed by atoms with Crippen LogP contribution in [-0.4, -0.2) is 24.5 Å². The number of halogens is 1. The van der Waals surface area contributed by atoms with Gasteiger partial charge in [-0.1, -0.05) is 50.3 Å². The number of nitrogens with zero attached hydrogens (tertiary/aromatic N) is 1. The van der Waals surface area contributed by atoms with Gasteiger partial charge < -0.3 is 0 Å². The highest BCUT2D eigenvalue weighted by Gasteiger charge is 2.39. The van der Waals surface area contributed by atoms with E-state index >= 15 is 0 Å². The molecular formula is C17H26BrN. The van der Waals surface area contributed by atoms with Crippen LogP contribution in [0.4, 0.5) is 0 Å². The Hall–Kier alpha value is -0.600. The number of hydrogen-bond donors (Lipinski definition) is 0. The van der Waals surface area contributed by atoms with Gasteiger partial charge in [0, 0.05) is 18.5 Å². The van der Waals surface area contributed by atoms with Crippen molar-refractivity contribution in [1.82, 2.24) is 4.90 Å². The summed E-state index contributed by atoms with van der Waals surface area (Å²) in [5.74, 6) is 0.707. The maximum atomic E-state index is 3.85. The lowest BCUT2D eigenvalue weighted by atomic mass is 9.65. The number of likely N-dealkylation sites (tertiary alicyclic amines) is 1. The molecule has 0 aliphatic carbocycles. The van der Waals surface area contributed by atoms with Crippen LogP contribution in [0.1, 0.15) is 32.3 Å². The third-order valence-corrected chi connectivity index (χ3v) is 4.72. The van der Waals surface area contributed by atoms with Gasteiger partial charge in [0.2, 0.25) is 0 Å². The molecule has 1 aliphatic rings. The van der Waals surface area contributed by atoms with Gasteiger partial charge in [-0.3, -0.25) is 4.90 Å². The summed E-state index contributed by atoms with van der Waals surface area (Å²) < 4.78 is 0. The highest BCUT2D eigenvalue weighted by Crippen LogP contribution is 2.42. The van der Waals surface area contributed by atoms with Crippen LogP contribution in [0.3, 0.4) is 0 Å². The largest absolute Gasteiger partial charge is 0.299 e. The molecule has 0 aromatic heterocycles. The molecule has 2 atom stereocenters. The molecule has 1 heterocycles. The van der Waals surface area contributed by atoms with E-state index < -0.39 is 0 Å². The Balaban J connectivity index is 0.00000180. The molecule has 0 bridgehead atoms. The minimum absolute atomic E-state index is 0. The zero-order valence-corrected chi connectivity index (χ0v) is 13.9. The van der Waals surface area contributed by atoms with Gasteiger partial charge in [0.25, 0.3) is 0 Å². The fourth-order valence-electron chi connectivity index (χ4n) is 3.53. The summed E-state index contributed by atoms with van der Waals surface area (Å²) in [6.45, 7) is 12.0. The van der Waals surface area contributed by atoms with E-state index in [0.29, 0.717) is 11.3 Å². The predicted molar refractivity (Wildman–Crippen MR) is 89.2 cm³/mol. The monoisotopic (exact) mass is 323 g/mol. The van der Waals surface area contributed by atoms with Gasteiger partial charge in [0.1, 0.15) is 0 Å². The van der Waals surface area contributed by atoms with E-state index in [2.05, 4.69) is 55.7 Å². The standard InChI is InChI=1S/C17H25N.BrH/c1-4-12-18-13-11-17(5-2,15(3)14-18)16-9-7-6-8-10-16;/h4,6-10,15H,1,5,11-14H2,2-3H3;1H/t15-,17-;/m0./s1. The van der Waals surface area contributed by atoms with Crippen molar-refractivity contribution in [3.8, 4) is 0 Å². The Bertz CT molecular complexity index is 390. The Labute approximate surface area is 128 Å². The Morgan fingerprint density at radius 1 is 1.37 bits per heavy atom. The van der Waals surface area contributed by atoms with Crippen LogP contribution in [0, 0.1) is 5.92 Å². The average Bonchev–Trinajstić information content (AvgIpc) is 2.41. The summed E-state index contributed by atoms with van der Waals surface area (Å²) in [6, 6.07) is 11.1. The van der Waals surface area contributed by atoms with Crippen LogP contribution in [0.25, 0.3) is 0 Å². The summed E-state index contributed by atoms with van der Waals surface area (Å²) in [7, 11) is 0. The number of hydrogen-bond acceptors (Lipinski definition) is 1. The van der Waals surface area contributed by atoms with Crippen molar-refractivity contribution in [3.05, 3.63) is 48.6 Å². The number of piperidine rings is 1. The molecule has 1 nitrogen and oxygen atoms in total. The van der Waals surface area contributed by atoms with Crippen molar-refractivity contribution in [2.24, 2.45) is 5.92 Å². The lowest BCUT2D eigenvalue weighted by molar-refractivity contribution is 0.106. The molecule has 1 aromatic rings. The first kappa shape index (κ1) is 16.5. The zero-order valence-electron chi connectivity index (χ0n) is 12.1. The molecule has 2 heteroatoms. The third-order valence-electron chi connectivity index (χ3n) is 4.72. The molecule has 1 aromatic carbocycles. The second-order valence-corrected chi connectivity index (χ2v) is 5.58. The molecular weight excluding hydrogens is 298 g/mol. The van der Waals surface area contributed by atoms with Gasteiger partial charge in [-0.25, -0.2) is 0 Å². The number of rotatable bonds is 4. The Kier molecular flexibility index (Phi) is 6.28. The minimum Gasteiger partial charge on any atom is -0.299 e. The highest BCUT2D eigenvalue weighted by molar-refractivity contribution is 8.93. The maximum absolute atomic E-state index is 3.85. The Morgan fingerprint density at radius 3 is 2.58 bits per heavy atom. The van der Waals surface area contributed by atoms with Crippen molar-refractivity contribution in [1.29, 1.82) is 0 Å². The first-order chi connectivity index (χ1) is 8.73. The van der Waals surface area contributed by atoms with Gasteiger partial charge >= 0.3 is 0 Å². The smallest absolute Gasteiger partial charge is 0.0160 e. The van der Waals surface area contributed by atoms with Crippen LogP contribution in [0.2, 0.25) is 0 Å². The average molecular weight is 324 g/mol. The van der Waals surface area contributed by atoms with Crippen LogP contribution in [0.15, 0.2) is 43.0 Å². The maximum Gasteiger partial charge on any atom is 0.0160 e. The van der Waals surface area contributed by atoms with Crippen LogP contribution >= 0.6 is 17.0 Å². The third kappa shape index (κ3) is 3.29. The summed E-state index contributed by atoms with van der Waals surface area (Å²) in [4.78, 5) is 2.52. The summed E-state index contributed by atoms with van der Waals surface area (Å²) >= 11 is 0. The van der Waals surface area contributed by atoms with E-state index in [9.17, 15) is 0 Å². The van der Waals surface area contributed by atoms with Crippen molar-refractivity contribution in [3.63, 3.8) is 0 Å². The molecule has 19 heavy (non-hydrogen) atoms. The Morgan fingerprint density at radius 2 is 2.05 bits per heavy atom. The van der Waals surface area contributed by atoms with Gasteiger partial charge in [-0.05, 0) is 30.9 Å². The highest BCUT2D eigenvalue weighted by atomic mass is 79.9. The number of benzene rings is 1. The fraction of sp³-hybridized carbons (Fsp3) is 0.529. The van der Waals surface area contributed by atoms with E-state index in [4.69, 9.17) is 0 Å². The normalized spacial score (nSPS) is 27.6. The molecule has 0 saturated carbocycles. The van der Waals surface area contributed by atoms with E-state index in [1.54, 1.807) is 0 Å². The van der Waals surface area contributed by atoms with E-state index in [-0.39, 0.29) is 17.0 Å². The molecule has 1 aliphatic heterocycles. The molecule has 2 rings (SSSR count). The first-order valence-electron chi connectivity index (χ1n) is 7.11. The van der Waals surface area contributed by atoms with Crippen molar-refractivity contribution < 1.29 is 0 Å². The molecule has 0 spiro atoms. The van der Waals surface area contributed by atoms with Gasteiger partial charge in [-0.15, -0.1) is 23.6 Å².